The van der Waals surface area contributed by atoms with E-state index in [1.165, 1.54) is 17.8 Å². The molecular formula is C22H25FN6. The summed E-state index contributed by atoms with van der Waals surface area (Å²) in [5.74, 6) is 0.803. The highest BCUT2D eigenvalue weighted by Crippen LogP contribution is 2.23. The maximum Gasteiger partial charge on any atom is 0.229 e. The number of aromatic nitrogens is 2. The summed E-state index contributed by atoms with van der Waals surface area (Å²) in [6.07, 6.45) is 0. The first-order valence-corrected chi connectivity index (χ1v) is 9.74. The third kappa shape index (κ3) is 5.00. The number of benzene rings is 2. The van der Waals surface area contributed by atoms with E-state index in [-0.39, 0.29) is 5.82 Å². The molecule has 0 spiro atoms. The molecule has 1 aromatic heterocycles. The summed E-state index contributed by atoms with van der Waals surface area (Å²) in [5.41, 5.74) is 3.61. The van der Waals surface area contributed by atoms with Crippen LogP contribution in [0.3, 0.4) is 0 Å². The van der Waals surface area contributed by atoms with Crippen molar-refractivity contribution in [3.8, 4) is 0 Å². The van der Waals surface area contributed by atoms with Gasteiger partial charge in [-0.1, -0.05) is 6.07 Å². The van der Waals surface area contributed by atoms with Crippen LogP contribution in [0, 0.1) is 12.7 Å². The van der Waals surface area contributed by atoms with Crippen LogP contribution in [0.2, 0.25) is 0 Å². The molecule has 1 aliphatic heterocycles. The monoisotopic (exact) mass is 392 g/mol. The van der Waals surface area contributed by atoms with Crippen LogP contribution in [0.4, 0.5) is 33.2 Å². The molecule has 0 bridgehead atoms. The second kappa shape index (κ2) is 8.45. The molecule has 0 unspecified atom stereocenters. The number of aryl methyl sites for hydroxylation is 1. The molecule has 6 nitrogen and oxygen atoms in total. The van der Waals surface area contributed by atoms with Gasteiger partial charge in [-0.2, -0.15) is 4.98 Å². The number of likely N-dealkylation sites (N-methyl/N-ethyl adjacent to an activating group) is 1. The van der Waals surface area contributed by atoms with E-state index < -0.39 is 0 Å². The molecule has 4 rings (SSSR count). The number of hydrogen-bond donors (Lipinski definition) is 2. The zero-order valence-corrected chi connectivity index (χ0v) is 16.7. The lowest BCUT2D eigenvalue weighted by Crippen LogP contribution is -2.44. The van der Waals surface area contributed by atoms with Crippen molar-refractivity contribution in [3.05, 3.63) is 66.1 Å². The Kier molecular flexibility index (Phi) is 5.57. The average Bonchev–Trinajstić information content (AvgIpc) is 2.69. The fraction of sp³-hybridized carbons (Fsp3) is 0.273. The number of halogens is 1. The maximum atomic E-state index is 13.4. The minimum atomic E-state index is -0.304. The van der Waals surface area contributed by atoms with Crippen LogP contribution >= 0.6 is 0 Å². The number of anilines is 5. The van der Waals surface area contributed by atoms with Crippen LogP contribution in [0.1, 0.15) is 5.69 Å². The summed E-state index contributed by atoms with van der Waals surface area (Å²) in [6, 6.07) is 16.5. The van der Waals surface area contributed by atoms with E-state index in [1.54, 1.807) is 12.1 Å². The van der Waals surface area contributed by atoms with Crippen molar-refractivity contribution in [1.82, 2.24) is 14.9 Å². The van der Waals surface area contributed by atoms with Gasteiger partial charge in [0.1, 0.15) is 11.6 Å². The minimum Gasteiger partial charge on any atom is -0.369 e. The van der Waals surface area contributed by atoms with E-state index in [1.807, 2.05) is 13.0 Å². The minimum absolute atomic E-state index is 0.304. The van der Waals surface area contributed by atoms with Crippen LogP contribution in [0.5, 0.6) is 0 Å². The van der Waals surface area contributed by atoms with Gasteiger partial charge < -0.3 is 20.4 Å². The van der Waals surface area contributed by atoms with Gasteiger partial charge in [0, 0.05) is 55.0 Å². The van der Waals surface area contributed by atoms with Crippen molar-refractivity contribution in [2.45, 2.75) is 6.92 Å². The Morgan fingerprint density at radius 1 is 0.862 bits per heavy atom. The number of hydrogen-bond acceptors (Lipinski definition) is 6. The third-order valence-electron chi connectivity index (χ3n) is 4.94. The van der Waals surface area contributed by atoms with Crippen molar-refractivity contribution >= 4 is 28.8 Å². The molecule has 3 aromatic rings. The Morgan fingerprint density at radius 3 is 2.34 bits per heavy atom. The predicted molar refractivity (Wildman–Crippen MR) is 116 cm³/mol. The largest absolute Gasteiger partial charge is 0.369 e. The molecule has 7 heteroatoms. The molecule has 2 N–H and O–H groups in total. The molecule has 1 fully saturated rings. The molecule has 0 amide bonds. The molecular weight excluding hydrogens is 367 g/mol. The molecule has 0 saturated carbocycles. The number of nitrogens with zero attached hydrogens (tertiary/aromatic N) is 4. The standard InChI is InChI=1S/C22H25FN6/c1-16-14-21(27-22(24-16)26-19-5-3-4-17(23)15-19)25-18-6-8-20(9-7-18)29-12-10-28(2)11-13-29/h3-9,14-15H,10-13H2,1-2H3,(H2,24,25,26,27). The Balaban J connectivity index is 1.45. The molecule has 0 aliphatic carbocycles. The quantitative estimate of drug-likeness (QED) is 0.680. The summed E-state index contributed by atoms with van der Waals surface area (Å²) in [7, 11) is 2.16. The first kappa shape index (κ1) is 19.1. The Bertz CT molecular complexity index is 967. The van der Waals surface area contributed by atoms with Crippen LogP contribution in [-0.2, 0) is 0 Å². The molecule has 150 valence electrons. The van der Waals surface area contributed by atoms with Gasteiger partial charge in [-0.05, 0) is 56.4 Å². The topological polar surface area (TPSA) is 56.3 Å². The maximum absolute atomic E-state index is 13.4. The first-order valence-electron chi connectivity index (χ1n) is 9.74. The van der Waals surface area contributed by atoms with E-state index in [0.717, 1.165) is 37.6 Å². The van der Waals surface area contributed by atoms with E-state index in [9.17, 15) is 4.39 Å². The van der Waals surface area contributed by atoms with Crippen molar-refractivity contribution in [3.63, 3.8) is 0 Å². The zero-order chi connectivity index (χ0) is 20.2. The van der Waals surface area contributed by atoms with Gasteiger partial charge in [0.2, 0.25) is 5.95 Å². The van der Waals surface area contributed by atoms with Gasteiger partial charge in [0.05, 0.1) is 0 Å². The van der Waals surface area contributed by atoms with Crippen molar-refractivity contribution < 1.29 is 4.39 Å². The second-order valence-corrected chi connectivity index (χ2v) is 7.32. The summed E-state index contributed by atoms with van der Waals surface area (Å²) < 4.78 is 13.4. The molecule has 1 saturated heterocycles. The van der Waals surface area contributed by atoms with Gasteiger partial charge in [-0.25, -0.2) is 9.37 Å². The van der Waals surface area contributed by atoms with Gasteiger partial charge in [-0.15, -0.1) is 0 Å². The van der Waals surface area contributed by atoms with Gasteiger partial charge in [0.15, 0.2) is 0 Å². The molecule has 0 radical (unpaired) electrons. The number of nitrogens with one attached hydrogen (secondary N) is 2. The lowest BCUT2D eigenvalue weighted by molar-refractivity contribution is 0.313. The Morgan fingerprint density at radius 2 is 1.62 bits per heavy atom. The number of piperazine rings is 1. The summed E-state index contributed by atoms with van der Waals surface area (Å²) in [6.45, 7) is 6.16. The lowest BCUT2D eigenvalue weighted by Gasteiger charge is -2.34. The van der Waals surface area contributed by atoms with Crippen molar-refractivity contribution in [1.29, 1.82) is 0 Å². The van der Waals surface area contributed by atoms with Crippen molar-refractivity contribution in [2.75, 3.05) is 48.8 Å². The third-order valence-corrected chi connectivity index (χ3v) is 4.94. The normalized spacial score (nSPS) is 14.7. The molecule has 1 aliphatic rings. The Hall–Kier alpha value is -3.19. The Labute approximate surface area is 170 Å². The highest BCUT2D eigenvalue weighted by Gasteiger charge is 2.14. The van der Waals surface area contributed by atoms with Gasteiger partial charge in [0.25, 0.3) is 0 Å². The highest BCUT2D eigenvalue weighted by atomic mass is 19.1. The smallest absolute Gasteiger partial charge is 0.229 e. The molecule has 29 heavy (non-hydrogen) atoms. The van der Waals surface area contributed by atoms with E-state index in [2.05, 4.69) is 61.7 Å². The molecule has 0 atom stereocenters. The lowest BCUT2D eigenvalue weighted by atomic mass is 10.2. The van der Waals surface area contributed by atoms with E-state index in [4.69, 9.17) is 0 Å². The fourth-order valence-corrected chi connectivity index (χ4v) is 3.35. The highest BCUT2D eigenvalue weighted by molar-refractivity contribution is 5.63. The predicted octanol–water partition coefficient (Wildman–Crippen LogP) is 4.16. The summed E-state index contributed by atoms with van der Waals surface area (Å²) in [5, 5.41) is 6.38. The first-order chi connectivity index (χ1) is 14.0. The van der Waals surface area contributed by atoms with Crippen LogP contribution in [-0.4, -0.2) is 48.1 Å². The SMILES string of the molecule is Cc1cc(Nc2ccc(N3CCN(C)CC3)cc2)nc(Nc2cccc(F)c2)n1. The summed E-state index contributed by atoms with van der Waals surface area (Å²) in [4.78, 5) is 13.6. The van der Waals surface area contributed by atoms with Crippen LogP contribution < -0.4 is 15.5 Å². The van der Waals surface area contributed by atoms with E-state index in [0.29, 0.717) is 17.5 Å². The van der Waals surface area contributed by atoms with Crippen LogP contribution in [0.15, 0.2) is 54.6 Å². The van der Waals surface area contributed by atoms with E-state index >= 15 is 0 Å². The number of rotatable bonds is 5. The summed E-state index contributed by atoms with van der Waals surface area (Å²) >= 11 is 0. The van der Waals surface area contributed by atoms with Crippen molar-refractivity contribution in [2.24, 2.45) is 0 Å². The average molecular weight is 392 g/mol. The van der Waals surface area contributed by atoms with Gasteiger partial charge >= 0.3 is 0 Å². The molecule has 2 aromatic carbocycles. The van der Waals surface area contributed by atoms with Gasteiger partial charge in [-0.3, -0.25) is 0 Å². The zero-order valence-electron chi connectivity index (χ0n) is 16.7. The fourth-order valence-electron chi connectivity index (χ4n) is 3.35. The molecule has 2 heterocycles. The van der Waals surface area contributed by atoms with Crippen LogP contribution in [0.25, 0.3) is 0 Å². The second-order valence-electron chi connectivity index (χ2n) is 7.32.